The number of methoxy groups -OCH3 is 4. The highest BCUT2D eigenvalue weighted by molar-refractivity contribution is 7.10. The Morgan fingerprint density at radius 1 is 0.935 bits per heavy atom. The van der Waals surface area contributed by atoms with Crippen molar-refractivity contribution in [3.63, 3.8) is 0 Å². The van der Waals surface area contributed by atoms with Gasteiger partial charge in [0, 0.05) is 17.6 Å². The number of anilines is 1. The molecule has 1 N–H and O–H groups in total. The lowest BCUT2D eigenvalue weighted by atomic mass is 10.0. The van der Waals surface area contributed by atoms with Crippen molar-refractivity contribution in [1.29, 1.82) is 0 Å². The molecule has 31 heavy (non-hydrogen) atoms. The van der Waals surface area contributed by atoms with Gasteiger partial charge in [0.15, 0.2) is 0 Å². The van der Waals surface area contributed by atoms with E-state index in [1.165, 1.54) is 0 Å². The summed E-state index contributed by atoms with van der Waals surface area (Å²) < 4.78 is 26.8. The molecule has 0 fully saturated rings. The Hall–Kier alpha value is -3.81. The summed E-state index contributed by atoms with van der Waals surface area (Å²) in [6.07, 6.45) is 0.625. The van der Waals surface area contributed by atoms with Crippen molar-refractivity contribution in [2.45, 2.75) is 6.92 Å². The molecule has 0 unspecified atom stereocenters. The predicted octanol–water partition coefficient (Wildman–Crippen LogP) is -0.000800. The maximum atomic E-state index is 12.5. The summed E-state index contributed by atoms with van der Waals surface area (Å²) in [7, 11) is 3.99. The molecule has 0 aromatic carbocycles. The minimum atomic E-state index is -1.20. The second-order valence-electron chi connectivity index (χ2n) is 5.10. The lowest BCUT2D eigenvalue weighted by Crippen LogP contribution is -2.25. The topological polar surface area (TPSA) is 169 Å². The van der Waals surface area contributed by atoms with Gasteiger partial charge in [-0.25, -0.2) is 24.0 Å². The first kappa shape index (κ1) is 25.2. The standard InChI is InChI=1S/C17H19N3O10S/c1-6-30-17(25)12-13(31-20-19-12)18-11(16(24)29-5)10(15(23)28-4)8(14(22)27-3)7-9(21)26-2/h7,18H,6H2,1-5H3. The number of esters is 5. The number of ether oxygens (including phenoxy) is 5. The molecular formula is C17H19N3O10S. The van der Waals surface area contributed by atoms with E-state index < -0.39 is 46.7 Å². The predicted molar refractivity (Wildman–Crippen MR) is 103 cm³/mol. The van der Waals surface area contributed by atoms with Crippen molar-refractivity contribution in [1.82, 2.24) is 9.59 Å². The molecule has 0 saturated heterocycles. The van der Waals surface area contributed by atoms with Gasteiger partial charge in [-0.3, -0.25) is 0 Å². The highest BCUT2D eigenvalue weighted by atomic mass is 32.1. The molecule has 1 heterocycles. The maximum Gasteiger partial charge on any atom is 0.362 e. The summed E-state index contributed by atoms with van der Waals surface area (Å²) >= 11 is 0.647. The maximum absolute atomic E-state index is 12.5. The molecule has 1 rings (SSSR count). The second-order valence-corrected chi connectivity index (χ2v) is 5.86. The molecule has 0 aliphatic rings. The first-order valence-electron chi connectivity index (χ1n) is 8.31. The average molecular weight is 457 g/mol. The van der Waals surface area contributed by atoms with Gasteiger partial charge in [-0.05, 0) is 6.92 Å². The third-order valence-electron chi connectivity index (χ3n) is 3.36. The van der Waals surface area contributed by atoms with Gasteiger partial charge in [-0.15, -0.1) is 5.10 Å². The molecule has 0 spiro atoms. The van der Waals surface area contributed by atoms with Crippen LogP contribution < -0.4 is 5.32 Å². The fraction of sp³-hybridized carbons (Fsp3) is 0.353. The van der Waals surface area contributed by atoms with Gasteiger partial charge in [-0.1, -0.05) is 4.49 Å². The first-order chi connectivity index (χ1) is 14.7. The summed E-state index contributed by atoms with van der Waals surface area (Å²) in [6.45, 7) is 1.61. The Bertz CT molecular complexity index is 934. The fourth-order valence-electron chi connectivity index (χ4n) is 2.01. The number of hydrogen-bond donors (Lipinski definition) is 1. The summed E-state index contributed by atoms with van der Waals surface area (Å²) in [5, 5.41) is 5.99. The fourth-order valence-corrected chi connectivity index (χ4v) is 2.57. The van der Waals surface area contributed by atoms with E-state index in [0.29, 0.717) is 17.6 Å². The first-order valence-corrected chi connectivity index (χ1v) is 9.08. The smallest absolute Gasteiger partial charge is 0.362 e. The molecule has 0 radical (unpaired) electrons. The van der Waals surface area contributed by atoms with Gasteiger partial charge in [0.05, 0.1) is 40.6 Å². The second kappa shape index (κ2) is 12.0. The highest BCUT2D eigenvalue weighted by Crippen LogP contribution is 2.26. The van der Waals surface area contributed by atoms with E-state index in [1.54, 1.807) is 6.92 Å². The van der Waals surface area contributed by atoms with Crippen LogP contribution in [0.3, 0.4) is 0 Å². The lowest BCUT2D eigenvalue weighted by molar-refractivity contribution is -0.141. The Morgan fingerprint density at radius 3 is 2.06 bits per heavy atom. The van der Waals surface area contributed by atoms with Crippen molar-refractivity contribution in [2.75, 3.05) is 40.4 Å². The number of carbonyl (C=O) groups is 5. The molecule has 0 atom stereocenters. The lowest BCUT2D eigenvalue weighted by Gasteiger charge is -2.15. The number of hydrogen-bond acceptors (Lipinski definition) is 14. The molecule has 1 aromatic heterocycles. The van der Waals surface area contributed by atoms with E-state index in [9.17, 15) is 24.0 Å². The van der Waals surface area contributed by atoms with Crippen LogP contribution >= 0.6 is 11.5 Å². The zero-order chi connectivity index (χ0) is 23.6. The van der Waals surface area contributed by atoms with E-state index in [4.69, 9.17) is 4.74 Å². The molecule has 0 amide bonds. The van der Waals surface area contributed by atoms with E-state index in [0.717, 1.165) is 28.4 Å². The largest absolute Gasteiger partial charge is 0.466 e. The minimum Gasteiger partial charge on any atom is -0.466 e. The third kappa shape index (κ3) is 6.33. The summed E-state index contributed by atoms with van der Waals surface area (Å²) in [4.78, 5) is 61.1. The quantitative estimate of drug-likeness (QED) is 0.228. The molecule has 0 aliphatic carbocycles. The van der Waals surface area contributed by atoms with E-state index in [2.05, 4.69) is 33.9 Å². The molecule has 0 aliphatic heterocycles. The van der Waals surface area contributed by atoms with Crippen LogP contribution in [-0.2, 0) is 42.9 Å². The average Bonchev–Trinajstić information content (AvgIpc) is 3.24. The SMILES string of the molecule is CCOC(=O)c1nnsc1NC(C(=O)OC)=C(C(=O)OC)C(=CC(=O)OC)C(=O)OC. The molecule has 13 nitrogen and oxygen atoms in total. The Kier molecular flexibility index (Phi) is 9.78. The van der Waals surface area contributed by atoms with Crippen molar-refractivity contribution >= 4 is 46.4 Å². The zero-order valence-electron chi connectivity index (χ0n) is 17.2. The molecule has 14 heteroatoms. The molecule has 0 saturated carbocycles. The van der Waals surface area contributed by atoms with E-state index in [1.807, 2.05) is 0 Å². The highest BCUT2D eigenvalue weighted by Gasteiger charge is 2.33. The Morgan fingerprint density at radius 2 is 1.55 bits per heavy atom. The summed E-state index contributed by atoms with van der Waals surface area (Å²) in [5.74, 6) is -5.41. The van der Waals surface area contributed by atoms with Crippen LogP contribution in [0.25, 0.3) is 0 Å². The number of nitrogens with zero attached hydrogens (tertiary/aromatic N) is 2. The van der Waals surface area contributed by atoms with Crippen LogP contribution in [0.5, 0.6) is 0 Å². The van der Waals surface area contributed by atoms with Gasteiger partial charge < -0.3 is 29.0 Å². The van der Waals surface area contributed by atoms with Gasteiger partial charge in [0.25, 0.3) is 0 Å². The monoisotopic (exact) mass is 457 g/mol. The van der Waals surface area contributed by atoms with Crippen molar-refractivity contribution in [3.8, 4) is 0 Å². The van der Waals surface area contributed by atoms with Crippen molar-refractivity contribution in [3.05, 3.63) is 28.6 Å². The normalized spacial score (nSPS) is 11.6. The van der Waals surface area contributed by atoms with Crippen LogP contribution in [0.15, 0.2) is 22.9 Å². The Labute approximate surface area is 180 Å². The van der Waals surface area contributed by atoms with Crippen LogP contribution in [0.2, 0.25) is 0 Å². The molecule has 1 aromatic rings. The summed E-state index contributed by atoms with van der Waals surface area (Å²) in [5.41, 5.74) is -2.36. The van der Waals surface area contributed by atoms with Gasteiger partial charge in [0.1, 0.15) is 16.3 Å². The van der Waals surface area contributed by atoms with E-state index in [-0.39, 0.29) is 17.3 Å². The molecule has 168 valence electrons. The molecular weight excluding hydrogens is 438 g/mol. The van der Waals surface area contributed by atoms with E-state index >= 15 is 0 Å². The van der Waals surface area contributed by atoms with Crippen LogP contribution in [-0.4, -0.2) is 74.5 Å². The summed E-state index contributed by atoms with van der Waals surface area (Å²) in [6, 6.07) is 0. The van der Waals surface area contributed by atoms with Crippen LogP contribution in [0.1, 0.15) is 17.4 Å². The number of aromatic nitrogens is 2. The Balaban J connectivity index is 3.80. The third-order valence-corrected chi connectivity index (χ3v) is 4.00. The van der Waals surface area contributed by atoms with Crippen LogP contribution in [0, 0.1) is 0 Å². The number of carbonyl (C=O) groups excluding carboxylic acids is 5. The minimum absolute atomic E-state index is 0.0390. The zero-order valence-corrected chi connectivity index (χ0v) is 18.0. The number of nitrogens with one attached hydrogen (secondary N) is 1. The van der Waals surface area contributed by atoms with Gasteiger partial charge in [-0.2, -0.15) is 0 Å². The van der Waals surface area contributed by atoms with Crippen LogP contribution in [0.4, 0.5) is 5.00 Å². The van der Waals surface area contributed by atoms with Gasteiger partial charge in [0.2, 0.25) is 5.69 Å². The van der Waals surface area contributed by atoms with Crippen molar-refractivity contribution in [2.24, 2.45) is 0 Å². The van der Waals surface area contributed by atoms with Crippen molar-refractivity contribution < 1.29 is 47.7 Å². The molecule has 0 bridgehead atoms. The van der Waals surface area contributed by atoms with Gasteiger partial charge >= 0.3 is 29.8 Å². The number of rotatable bonds is 9.